The maximum absolute atomic E-state index is 13.5. The van der Waals surface area contributed by atoms with Crippen LogP contribution in [0.15, 0.2) is 55.0 Å². The van der Waals surface area contributed by atoms with Crippen LogP contribution < -0.4 is 11.1 Å². The van der Waals surface area contributed by atoms with Crippen molar-refractivity contribution in [2.75, 3.05) is 11.1 Å². The second kappa shape index (κ2) is 8.95. The molecule has 1 aliphatic rings. The van der Waals surface area contributed by atoms with Crippen LogP contribution in [-0.2, 0) is 28.7 Å². The number of carbonyl (C=O) groups is 2. The third-order valence-electron chi connectivity index (χ3n) is 6.18. The molecule has 0 bridgehead atoms. The van der Waals surface area contributed by atoms with Gasteiger partial charge in [-0.3, -0.25) is 19.7 Å². The lowest BCUT2D eigenvalue weighted by Gasteiger charge is -2.29. The summed E-state index contributed by atoms with van der Waals surface area (Å²) in [6.07, 6.45) is 0.212. The molecule has 1 aromatic carbocycles. The van der Waals surface area contributed by atoms with Gasteiger partial charge in [0.15, 0.2) is 0 Å². The van der Waals surface area contributed by atoms with Gasteiger partial charge in [0.25, 0.3) is 0 Å². The average Bonchev–Trinajstić information content (AvgIpc) is 3.52. The van der Waals surface area contributed by atoms with E-state index in [9.17, 15) is 22.8 Å². The van der Waals surface area contributed by atoms with E-state index in [1.165, 1.54) is 23.4 Å². The van der Waals surface area contributed by atoms with Crippen LogP contribution in [0.1, 0.15) is 34.8 Å². The molecule has 5 rings (SSSR count). The number of aromatic amines is 1. The summed E-state index contributed by atoms with van der Waals surface area (Å²) in [6.45, 7) is -0.150. The highest BCUT2D eigenvalue weighted by Crippen LogP contribution is 2.37. The number of nitrogens with zero attached hydrogens (tertiary/aromatic N) is 4. The van der Waals surface area contributed by atoms with Gasteiger partial charge in [0.2, 0.25) is 0 Å². The van der Waals surface area contributed by atoms with E-state index in [1.807, 2.05) is 24.3 Å². The SMILES string of the molecule is Nc1ncc(NC(=O)C(=O)N(Cc2ccc(C(F)(F)F)cn2)C2CCc3ccccc32)c2[nH]ncc12. The van der Waals surface area contributed by atoms with Crippen LogP contribution in [-0.4, -0.2) is 36.9 Å². The maximum atomic E-state index is 13.5. The maximum Gasteiger partial charge on any atom is 0.417 e. The van der Waals surface area contributed by atoms with Crippen molar-refractivity contribution in [1.29, 1.82) is 0 Å². The van der Waals surface area contributed by atoms with Crippen LogP contribution in [0.2, 0.25) is 0 Å². The number of amides is 2. The van der Waals surface area contributed by atoms with Crippen LogP contribution in [0, 0.1) is 0 Å². The zero-order valence-corrected chi connectivity index (χ0v) is 18.7. The van der Waals surface area contributed by atoms with E-state index in [2.05, 4.69) is 25.5 Å². The topological polar surface area (TPSA) is 130 Å². The summed E-state index contributed by atoms with van der Waals surface area (Å²) in [6, 6.07) is 9.22. The van der Waals surface area contributed by atoms with Gasteiger partial charge >= 0.3 is 18.0 Å². The number of nitrogens with one attached hydrogen (secondary N) is 2. The summed E-state index contributed by atoms with van der Waals surface area (Å²) in [4.78, 5) is 35.8. The minimum Gasteiger partial charge on any atom is -0.383 e. The minimum absolute atomic E-state index is 0.150. The number of nitrogens with two attached hydrogens (primary N) is 1. The number of rotatable bonds is 4. The number of benzene rings is 1. The number of anilines is 2. The molecule has 1 aliphatic carbocycles. The number of nitrogen functional groups attached to an aromatic ring is 1. The molecule has 12 heteroatoms. The Morgan fingerprint density at radius 2 is 1.92 bits per heavy atom. The molecular formula is C24H20F3N7O2. The van der Waals surface area contributed by atoms with Gasteiger partial charge in [-0.15, -0.1) is 0 Å². The van der Waals surface area contributed by atoms with Gasteiger partial charge in [0, 0.05) is 6.20 Å². The predicted octanol–water partition coefficient (Wildman–Crippen LogP) is 3.61. The highest BCUT2D eigenvalue weighted by atomic mass is 19.4. The first kappa shape index (κ1) is 23.3. The molecule has 0 fully saturated rings. The molecule has 0 radical (unpaired) electrons. The number of fused-ring (bicyclic) bond motifs is 2. The van der Waals surface area contributed by atoms with Crippen LogP contribution in [0.5, 0.6) is 0 Å². The Kier molecular flexibility index (Phi) is 5.78. The Labute approximate surface area is 202 Å². The molecule has 0 saturated heterocycles. The van der Waals surface area contributed by atoms with Gasteiger partial charge in [0.1, 0.15) is 5.82 Å². The summed E-state index contributed by atoms with van der Waals surface area (Å²) in [5, 5.41) is 9.65. The highest BCUT2D eigenvalue weighted by molar-refractivity contribution is 6.40. The lowest BCUT2D eigenvalue weighted by atomic mass is 10.1. The fourth-order valence-corrected chi connectivity index (χ4v) is 4.40. The van der Waals surface area contributed by atoms with Crippen molar-refractivity contribution < 1.29 is 22.8 Å². The van der Waals surface area contributed by atoms with Gasteiger partial charge in [-0.05, 0) is 36.1 Å². The molecule has 3 aromatic heterocycles. The fourth-order valence-electron chi connectivity index (χ4n) is 4.40. The van der Waals surface area contributed by atoms with E-state index in [-0.39, 0.29) is 23.7 Å². The fraction of sp³-hybridized carbons (Fsp3) is 0.208. The zero-order chi connectivity index (χ0) is 25.4. The smallest absolute Gasteiger partial charge is 0.383 e. The van der Waals surface area contributed by atoms with E-state index >= 15 is 0 Å². The first-order valence-electron chi connectivity index (χ1n) is 11.0. The zero-order valence-electron chi connectivity index (χ0n) is 18.7. The standard InChI is InChI=1S/C24H20F3N7O2/c25-24(26,27)14-6-7-15(29-9-14)12-34(19-8-5-13-3-1-2-4-16(13)19)23(36)22(35)32-18-11-30-21(28)17-10-31-33-20(17)18/h1-4,6-7,9-11,19H,5,8,12H2,(H2,28,30)(H,31,33)(H,32,35). The number of alkyl halides is 3. The van der Waals surface area contributed by atoms with E-state index in [1.54, 1.807) is 0 Å². The van der Waals surface area contributed by atoms with E-state index in [4.69, 9.17) is 5.73 Å². The van der Waals surface area contributed by atoms with Crippen molar-refractivity contribution in [2.24, 2.45) is 0 Å². The molecule has 0 spiro atoms. The van der Waals surface area contributed by atoms with Crippen molar-refractivity contribution in [3.63, 3.8) is 0 Å². The molecule has 0 aliphatic heterocycles. The molecule has 4 N–H and O–H groups in total. The van der Waals surface area contributed by atoms with E-state index in [0.717, 1.165) is 23.4 Å². The quantitative estimate of drug-likeness (QED) is 0.371. The Morgan fingerprint density at radius 3 is 2.67 bits per heavy atom. The summed E-state index contributed by atoms with van der Waals surface area (Å²) in [5.74, 6) is -1.59. The number of carbonyl (C=O) groups excluding carboxylic acids is 2. The highest BCUT2D eigenvalue weighted by Gasteiger charge is 2.35. The van der Waals surface area contributed by atoms with Crippen LogP contribution in [0.25, 0.3) is 10.9 Å². The number of hydrogen-bond donors (Lipinski definition) is 3. The number of aryl methyl sites for hydroxylation is 1. The van der Waals surface area contributed by atoms with Crippen molar-refractivity contribution in [2.45, 2.75) is 31.6 Å². The van der Waals surface area contributed by atoms with Gasteiger partial charge in [-0.25, -0.2) is 4.98 Å². The third-order valence-corrected chi connectivity index (χ3v) is 6.18. The Hall–Kier alpha value is -4.48. The first-order chi connectivity index (χ1) is 17.2. The molecule has 36 heavy (non-hydrogen) atoms. The number of halogens is 3. The summed E-state index contributed by atoms with van der Waals surface area (Å²) >= 11 is 0. The second-order valence-corrected chi connectivity index (χ2v) is 8.39. The second-order valence-electron chi connectivity index (χ2n) is 8.39. The first-order valence-corrected chi connectivity index (χ1v) is 11.0. The van der Waals surface area contributed by atoms with Crippen LogP contribution in [0.4, 0.5) is 24.7 Å². The van der Waals surface area contributed by atoms with Crippen molar-refractivity contribution in [1.82, 2.24) is 25.1 Å². The number of pyridine rings is 2. The van der Waals surface area contributed by atoms with Crippen LogP contribution in [0.3, 0.4) is 0 Å². The molecular weight excluding hydrogens is 475 g/mol. The summed E-state index contributed by atoms with van der Waals surface area (Å²) in [5.41, 5.74) is 7.70. The molecule has 0 saturated carbocycles. The molecule has 1 unspecified atom stereocenters. The summed E-state index contributed by atoms with van der Waals surface area (Å²) < 4.78 is 38.9. The van der Waals surface area contributed by atoms with Gasteiger partial charge < -0.3 is 16.0 Å². The predicted molar refractivity (Wildman–Crippen MR) is 124 cm³/mol. The molecule has 9 nitrogen and oxygen atoms in total. The van der Waals surface area contributed by atoms with E-state index in [0.29, 0.717) is 23.7 Å². The van der Waals surface area contributed by atoms with Crippen molar-refractivity contribution in [3.8, 4) is 0 Å². The number of H-pyrrole nitrogens is 1. The molecule has 4 aromatic rings. The van der Waals surface area contributed by atoms with Crippen molar-refractivity contribution in [3.05, 3.63) is 77.4 Å². The lowest BCUT2D eigenvalue weighted by molar-refractivity contribution is -0.145. The molecule has 3 heterocycles. The third kappa shape index (κ3) is 4.32. The number of hydrogen-bond acceptors (Lipinski definition) is 6. The largest absolute Gasteiger partial charge is 0.417 e. The van der Waals surface area contributed by atoms with Crippen LogP contribution >= 0.6 is 0 Å². The van der Waals surface area contributed by atoms with Crippen molar-refractivity contribution >= 4 is 34.2 Å². The van der Waals surface area contributed by atoms with Gasteiger partial charge in [-0.1, -0.05) is 24.3 Å². The Morgan fingerprint density at radius 1 is 1.11 bits per heavy atom. The number of aromatic nitrogens is 4. The van der Waals surface area contributed by atoms with E-state index < -0.39 is 29.6 Å². The molecule has 2 amide bonds. The molecule has 184 valence electrons. The lowest BCUT2D eigenvalue weighted by Crippen LogP contribution is -2.41. The Balaban J connectivity index is 1.45. The minimum atomic E-state index is -4.53. The Bertz CT molecular complexity index is 1450. The van der Waals surface area contributed by atoms with Gasteiger partial charge in [-0.2, -0.15) is 18.3 Å². The average molecular weight is 495 g/mol. The van der Waals surface area contributed by atoms with Gasteiger partial charge in [0.05, 0.1) is 52.8 Å². The molecule has 1 atom stereocenters. The normalized spacial score (nSPS) is 15.0. The monoisotopic (exact) mass is 495 g/mol. The summed E-state index contributed by atoms with van der Waals surface area (Å²) in [7, 11) is 0.